The molecule has 2 aliphatic rings. The van der Waals surface area contributed by atoms with Gasteiger partial charge in [-0.15, -0.1) is 5.10 Å². The number of nitrogens with one attached hydrogen (secondary N) is 2. The second kappa shape index (κ2) is 9.55. The molecular weight excluding hydrogens is 501 g/mol. The van der Waals surface area contributed by atoms with Crippen molar-refractivity contribution in [1.82, 2.24) is 20.0 Å². The van der Waals surface area contributed by atoms with Gasteiger partial charge in [-0.2, -0.15) is 5.26 Å². The molecule has 38 heavy (non-hydrogen) atoms. The summed E-state index contributed by atoms with van der Waals surface area (Å²) in [6.45, 7) is 4.47. The first-order valence-corrected chi connectivity index (χ1v) is 13.3. The topological polar surface area (TPSA) is 91.5 Å². The quantitative estimate of drug-likeness (QED) is 0.267. The van der Waals surface area contributed by atoms with E-state index in [1.54, 1.807) is 35.3 Å². The Morgan fingerprint density at radius 1 is 1.24 bits per heavy atom. The van der Waals surface area contributed by atoms with Crippen LogP contribution >= 0.6 is 11.6 Å². The second-order valence-electron chi connectivity index (χ2n) is 10.9. The van der Waals surface area contributed by atoms with Gasteiger partial charge in [0.05, 0.1) is 41.4 Å². The summed E-state index contributed by atoms with van der Waals surface area (Å²) in [4.78, 5) is 4.48. The largest absolute Gasteiger partial charge is 0.380 e. The molecule has 0 radical (unpaired) electrons. The third kappa shape index (κ3) is 4.67. The van der Waals surface area contributed by atoms with E-state index in [0.717, 1.165) is 32.1 Å². The molecule has 2 N–H and O–H groups in total. The maximum absolute atomic E-state index is 13.8. The zero-order valence-corrected chi connectivity index (χ0v) is 22.1. The van der Waals surface area contributed by atoms with Crippen LogP contribution in [0.5, 0.6) is 0 Å². The van der Waals surface area contributed by atoms with Gasteiger partial charge in [0.2, 0.25) is 0 Å². The van der Waals surface area contributed by atoms with Crippen LogP contribution in [0.25, 0.3) is 10.9 Å². The van der Waals surface area contributed by atoms with Crippen LogP contribution in [0.2, 0.25) is 5.02 Å². The van der Waals surface area contributed by atoms with E-state index in [1.165, 1.54) is 12.1 Å². The van der Waals surface area contributed by atoms with Gasteiger partial charge in [-0.1, -0.05) is 49.2 Å². The van der Waals surface area contributed by atoms with Gasteiger partial charge >= 0.3 is 0 Å². The van der Waals surface area contributed by atoms with Crippen molar-refractivity contribution in [2.75, 3.05) is 10.6 Å². The lowest BCUT2D eigenvalue weighted by atomic mass is 9.87. The van der Waals surface area contributed by atoms with Crippen LogP contribution in [0, 0.1) is 22.6 Å². The Kier molecular flexibility index (Phi) is 5.89. The average molecular weight is 531 g/mol. The van der Waals surface area contributed by atoms with E-state index in [2.05, 4.69) is 45.8 Å². The number of pyridine rings is 1. The van der Waals surface area contributed by atoms with Crippen molar-refractivity contribution in [1.29, 1.82) is 5.26 Å². The number of halogens is 2. The maximum Gasteiger partial charge on any atom is 0.123 e. The van der Waals surface area contributed by atoms with Gasteiger partial charge < -0.3 is 10.6 Å². The number of nitrogens with zero attached hydrogens (tertiary/aromatic N) is 5. The molecular formula is C29H29ClFN7. The van der Waals surface area contributed by atoms with E-state index in [-0.39, 0.29) is 11.5 Å². The summed E-state index contributed by atoms with van der Waals surface area (Å²) in [5.41, 5.74) is 3.18. The number of rotatable bonds is 7. The van der Waals surface area contributed by atoms with Crippen molar-refractivity contribution in [2.45, 2.75) is 64.1 Å². The molecule has 2 aromatic carbocycles. The number of hydrogen-bond acceptors (Lipinski definition) is 6. The molecule has 0 spiro atoms. The fourth-order valence-electron chi connectivity index (χ4n) is 5.29. The molecule has 2 heterocycles. The standard InChI is InChI=1S/C29H29ClFN7/c1-29(2)11-3-4-25(29)35-26-18(14-32)15-33-28-22(26)12-20(13-23(28)30)34-27(17-5-7-19(31)8-6-17)24-16-38(37-36-24)21-9-10-21/h5-8,12-13,15-16,21,25,27,34H,3-4,9-11H2,1-2H3,(H,33,35)/i27D. The van der Waals surface area contributed by atoms with E-state index in [0.29, 0.717) is 50.2 Å². The molecule has 9 heteroatoms. The first-order chi connectivity index (χ1) is 18.7. The van der Waals surface area contributed by atoms with Crippen LogP contribution in [0.4, 0.5) is 15.8 Å². The first kappa shape index (κ1) is 23.4. The van der Waals surface area contributed by atoms with Crippen molar-refractivity contribution >= 4 is 33.9 Å². The Bertz CT molecular complexity index is 1590. The van der Waals surface area contributed by atoms with Crippen molar-refractivity contribution in [3.63, 3.8) is 0 Å². The highest BCUT2D eigenvalue weighted by atomic mass is 35.5. The number of anilines is 2. The highest BCUT2D eigenvalue weighted by Crippen LogP contribution is 2.42. The highest BCUT2D eigenvalue weighted by molar-refractivity contribution is 6.35. The molecule has 2 aromatic heterocycles. The lowest BCUT2D eigenvalue weighted by Gasteiger charge is -2.29. The zero-order valence-electron chi connectivity index (χ0n) is 22.3. The fraction of sp³-hybridized carbons (Fsp3) is 0.379. The summed E-state index contributed by atoms with van der Waals surface area (Å²) < 4.78 is 25.2. The maximum atomic E-state index is 13.8. The predicted octanol–water partition coefficient (Wildman–Crippen LogP) is 7.02. The summed E-state index contributed by atoms with van der Waals surface area (Å²) in [7, 11) is 0. The molecule has 2 aliphatic carbocycles. The third-order valence-corrected chi connectivity index (χ3v) is 8.00. The van der Waals surface area contributed by atoms with Crippen LogP contribution in [-0.2, 0) is 0 Å². The molecule has 194 valence electrons. The molecule has 0 amide bonds. The van der Waals surface area contributed by atoms with E-state index in [9.17, 15) is 11.0 Å². The Balaban J connectivity index is 1.46. The SMILES string of the molecule is [2H]C(Nc1cc(Cl)c2ncc(C#N)c(NC3CCCC3(C)C)c2c1)(c1ccc(F)cc1)c1cn(C2CC2)nn1. The predicted molar refractivity (Wildman–Crippen MR) is 147 cm³/mol. The highest BCUT2D eigenvalue weighted by Gasteiger charge is 2.35. The fourth-order valence-corrected chi connectivity index (χ4v) is 5.56. The monoisotopic (exact) mass is 530 g/mol. The van der Waals surface area contributed by atoms with E-state index >= 15 is 0 Å². The van der Waals surface area contributed by atoms with Crippen molar-refractivity contribution in [2.24, 2.45) is 5.41 Å². The van der Waals surface area contributed by atoms with Crippen LogP contribution in [0.3, 0.4) is 0 Å². The van der Waals surface area contributed by atoms with Crippen LogP contribution < -0.4 is 10.6 Å². The zero-order chi connectivity index (χ0) is 27.4. The van der Waals surface area contributed by atoms with Gasteiger partial charge in [0.15, 0.2) is 0 Å². The number of aromatic nitrogens is 4. The molecule has 2 atom stereocenters. The molecule has 2 fully saturated rings. The minimum atomic E-state index is -1.58. The number of benzene rings is 2. The van der Waals surface area contributed by atoms with Crippen molar-refractivity contribution in [3.8, 4) is 6.07 Å². The molecule has 0 aliphatic heterocycles. The smallest absolute Gasteiger partial charge is 0.123 e. The molecule has 0 bridgehead atoms. The summed E-state index contributed by atoms with van der Waals surface area (Å²) in [6.07, 6.45) is 8.60. The average Bonchev–Trinajstić information content (AvgIpc) is 3.53. The number of nitriles is 1. The van der Waals surface area contributed by atoms with Crippen LogP contribution in [-0.4, -0.2) is 26.0 Å². The van der Waals surface area contributed by atoms with Crippen LogP contribution in [0.15, 0.2) is 48.8 Å². The Hall–Kier alpha value is -3.70. The summed E-state index contributed by atoms with van der Waals surface area (Å²) in [6, 6.07) is 10.5. The van der Waals surface area contributed by atoms with Gasteiger partial charge in [0, 0.05) is 23.3 Å². The molecule has 0 saturated heterocycles. The Morgan fingerprint density at radius 3 is 2.71 bits per heavy atom. The Labute approximate surface area is 227 Å². The molecule has 7 nitrogen and oxygen atoms in total. The Morgan fingerprint density at radius 2 is 2.03 bits per heavy atom. The van der Waals surface area contributed by atoms with Gasteiger partial charge in [-0.3, -0.25) is 4.98 Å². The lowest BCUT2D eigenvalue weighted by molar-refractivity contribution is 0.350. The van der Waals surface area contributed by atoms with Gasteiger partial charge in [0.25, 0.3) is 0 Å². The number of fused-ring (bicyclic) bond motifs is 1. The lowest BCUT2D eigenvalue weighted by Crippen LogP contribution is -2.31. The molecule has 4 aromatic rings. The third-order valence-electron chi connectivity index (χ3n) is 7.71. The van der Waals surface area contributed by atoms with Crippen molar-refractivity contribution < 1.29 is 5.76 Å². The summed E-state index contributed by atoms with van der Waals surface area (Å²) in [5.74, 6) is -0.392. The van der Waals surface area contributed by atoms with Gasteiger partial charge in [0.1, 0.15) is 17.6 Å². The van der Waals surface area contributed by atoms with Crippen molar-refractivity contribution in [3.05, 3.63) is 76.5 Å². The molecule has 2 saturated carbocycles. The van der Waals surface area contributed by atoms with Crippen LogP contribution in [0.1, 0.15) is 76.2 Å². The molecule has 6 rings (SSSR count). The summed E-state index contributed by atoms with van der Waals surface area (Å²) >= 11 is 6.74. The minimum absolute atomic E-state index is 0.0777. The summed E-state index contributed by atoms with van der Waals surface area (Å²) in [5, 5.41) is 26.5. The minimum Gasteiger partial charge on any atom is -0.380 e. The first-order valence-electron chi connectivity index (χ1n) is 13.4. The van der Waals surface area contributed by atoms with E-state index < -0.39 is 11.8 Å². The van der Waals surface area contributed by atoms with E-state index in [1.807, 2.05) is 6.07 Å². The number of hydrogen-bond donors (Lipinski definition) is 2. The second-order valence-corrected chi connectivity index (χ2v) is 11.3. The molecule has 2 unspecified atom stereocenters. The normalized spacial score (nSPS) is 20.5. The van der Waals surface area contributed by atoms with Gasteiger partial charge in [-0.25, -0.2) is 9.07 Å². The van der Waals surface area contributed by atoms with Gasteiger partial charge in [-0.05, 0) is 60.9 Å². The van der Waals surface area contributed by atoms with E-state index in [4.69, 9.17) is 11.6 Å².